The largest absolute Gasteiger partial charge is 0.481 e. The third-order valence-electron chi connectivity index (χ3n) is 6.00. The molecule has 0 radical (unpaired) electrons. The molecule has 212 valence electrons. The van der Waals surface area contributed by atoms with E-state index in [2.05, 4.69) is 20.9 Å². The highest BCUT2D eigenvalue weighted by molar-refractivity contribution is 5.95. The predicted octanol–water partition coefficient (Wildman–Crippen LogP) is -1.03. The lowest BCUT2D eigenvalue weighted by Crippen LogP contribution is -2.59. The molecule has 0 aliphatic rings. The number of carboxylic acids is 2. The molecule has 10 N–H and O–H groups in total. The Bertz CT molecular complexity index is 1230. The molecule has 0 spiro atoms. The van der Waals surface area contributed by atoms with Crippen molar-refractivity contribution < 1.29 is 39.0 Å². The summed E-state index contributed by atoms with van der Waals surface area (Å²) in [7, 11) is 0. The van der Waals surface area contributed by atoms with Gasteiger partial charge < -0.3 is 42.6 Å². The molecule has 4 unspecified atom stereocenters. The first-order chi connectivity index (χ1) is 18.3. The van der Waals surface area contributed by atoms with E-state index in [0.717, 1.165) is 10.9 Å². The minimum atomic E-state index is -1.60. The topological polar surface area (TPSA) is 247 Å². The number of aromatic amines is 1. The zero-order chi connectivity index (χ0) is 29.3. The summed E-state index contributed by atoms with van der Waals surface area (Å²) in [6.45, 7) is 3.23. The summed E-state index contributed by atoms with van der Waals surface area (Å²) in [6, 6.07) is 2.04. The Kier molecular flexibility index (Phi) is 11.0. The van der Waals surface area contributed by atoms with Gasteiger partial charge in [0.05, 0.1) is 12.5 Å². The van der Waals surface area contributed by atoms with Crippen molar-refractivity contribution in [2.75, 3.05) is 0 Å². The lowest BCUT2D eigenvalue weighted by molar-refractivity contribution is -0.144. The average molecular weight is 547 g/mol. The number of primary amides is 1. The number of benzene rings is 1. The highest BCUT2D eigenvalue weighted by Crippen LogP contribution is 2.19. The number of aliphatic carboxylic acids is 2. The lowest BCUT2D eigenvalue weighted by Gasteiger charge is -2.27. The van der Waals surface area contributed by atoms with Crippen molar-refractivity contribution in [2.45, 2.75) is 63.7 Å². The van der Waals surface area contributed by atoms with Crippen LogP contribution in [0, 0.1) is 5.92 Å². The van der Waals surface area contributed by atoms with Gasteiger partial charge in [-0.2, -0.15) is 0 Å². The monoisotopic (exact) mass is 546 g/mol. The van der Waals surface area contributed by atoms with E-state index in [1.165, 1.54) is 0 Å². The summed E-state index contributed by atoms with van der Waals surface area (Å²) >= 11 is 0. The first-order valence-electron chi connectivity index (χ1n) is 12.2. The van der Waals surface area contributed by atoms with Gasteiger partial charge in [0, 0.05) is 29.9 Å². The predicted molar refractivity (Wildman–Crippen MR) is 139 cm³/mol. The van der Waals surface area contributed by atoms with E-state index >= 15 is 0 Å². The Morgan fingerprint density at radius 3 is 2.15 bits per heavy atom. The number of hydrogen-bond acceptors (Lipinski definition) is 7. The Labute approximate surface area is 223 Å². The fourth-order valence-corrected chi connectivity index (χ4v) is 3.87. The molecule has 4 atom stereocenters. The molecule has 1 heterocycles. The molecule has 4 amide bonds. The molecule has 1 aromatic heterocycles. The van der Waals surface area contributed by atoms with E-state index < -0.39 is 72.1 Å². The first kappa shape index (κ1) is 30.8. The van der Waals surface area contributed by atoms with Crippen molar-refractivity contribution in [3.05, 3.63) is 36.0 Å². The second-order valence-electron chi connectivity index (χ2n) is 9.46. The standard InChI is InChI=1S/C25H34N6O8/c1-12(2)21(24(37)30-18(25(38)39)10-19(27)32)31-23(36)17(29-22(35)15(26)7-8-20(33)34)9-13-11-28-16-6-4-3-5-14(13)16/h3-6,11-12,15,17-18,21,28H,7-10,26H2,1-2H3,(H2,27,32)(H,29,35)(H,30,37)(H,31,36)(H,33,34)(H,38,39). The van der Waals surface area contributed by atoms with Crippen molar-refractivity contribution >= 4 is 46.5 Å². The molecule has 0 fully saturated rings. The van der Waals surface area contributed by atoms with Crippen LogP contribution in [0.15, 0.2) is 30.5 Å². The summed E-state index contributed by atoms with van der Waals surface area (Å²) in [5.41, 5.74) is 12.4. The van der Waals surface area contributed by atoms with Crippen molar-refractivity contribution in [2.24, 2.45) is 17.4 Å². The smallest absolute Gasteiger partial charge is 0.326 e. The molecule has 14 nitrogen and oxygen atoms in total. The van der Waals surface area contributed by atoms with Gasteiger partial charge in [-0.25, -0.2) is 4.79 Å². The third kappa shape index (κ3) is 9.10. The molecule has 0 bridgehead atoms. The van der Waals surface area contributed by atoms with Crippen LogP contribution in [0.1, 0.15) is 38.7 Å². The molecule has 0 saturated heterocycles. The quantitative estimate of drug-likeness (QED) is 0.136. The number of hydrogen-bond donors (Lipinski definition) is 8. The van der Waals surface area contributed by atoms with Gasteiger partial charge in [-0.3, -0.25) is 24.0 Å². The number of rotatable bonds is 15. The van der Waals surface area contributed by atoms with Crippen molar-refractivity contribution in [1.82, 2.24) is 20.9 Å². The van der Waals surface area contributed by atoms with Crippen LogP contribution in [0.2, 0.25) is 0 Å². The molecule has 0 aliphatic heterocycles. The molecule has 2 rings (SSSR count). The molecule has 0 aliphatic carbocycles. The van der Waals surface area contributed by atoms with Crippen molar-refractivity contribution in [3.8, 4) is 0 Å². The van der Waals surface area contributed by atoms with Crippen LogP contribution < -0.4 is 27.4 Å². The van der Waals surface area contributed by atoms with Gasteiger partial charge in [-0.05, 0) is 24.0 Å². The summed E-state index contributed by atoms with van der Waals surface area (Å²) < 4.78 is 0. The number of H-pyrrole nitrogens is 1. The van der Waals surface area contributed by atoms with E-state index in [-0.39, 0.29) is 19.3 Å². The molecule has 2 aromatic rings. The number of carbonyl (C=O) groups is 6. The normalized spacial score (nSPS) is 14.2. The third-order valence-corrected chi connectivity index (χ3v) is 6.00. The van der Waals surface area contributed by atoms with Crippen LogP contribution in [0.4, 0.5) is 0 Å². The Morgan fingerprint density at radius 2 is 1.56 bits per heavy atom. The minimum absolute atomic E-state index is 0.000895. The Hall–Kier alpha value is -4.46. The molecule has 0 saturated carbocycles. The Balaban J connectivity index is 2.28. The maximum absolute atomic E-state index is 13.4. The number of aromatic nitrogens is 1. The zero-order valence-electron chi connectivity index (χ0n) is 21.6. The molecule has 1 aromatic carbocycles. The minimum Gasteiger partial charge on any atom is -0.481 e. The summed E-state index contributed by atoms with van der Waals surface area (Å²) in [4.78, 5) is 75.6. The number of nitrogens with two attached hydrogens (primary N) is 2. The second kappa shape index (κ2) is 13.9. The summed E-state index contributed by atoms with van der Waals surface area (Å²) in [6.07, 6.45) is 0.525. The van der Waals surface area contributed by atoms with E-state index in [0.29, 0.717) is 5.56 Å². The number of para-hydroxylation sites is 1. The number of carboxylic acid groups (broad SMARTS) is 2. The SMILES string of the molecule is CC(C)C(NC(=O)C(Cc1c[nH]c2ccccc12)NC(=O)C(N)CCC(=O)O)C(=O)NC(CC(N)=O)C(=O)O. The van der Waals surface area contributed by atoms with Gasteiger partial charge >= 0.3 is 11.9 Å². The van der Waals surface area contributed by atoms with Gasteiger partial charge in [0.15, 0.2) is 0 Å². The van der Waals surface area contributed by atoms with Crippen LogP contribution in [-0.2, 0) is 35.2 Å². The highest BCUT2D eigenvalue weighted by atomic mass is 16.4. The van der Waals surface area contributed by atoms with Crippen molar-refractivity contribution in [3.63, 3.8) is 0 Å². The fourth-order valence-electron chi connectivity index (χ4n) is 3.87. The van der Waals surface area contributed by atoms with Crippen LogP contribution in [0.25, 0.3) is 10.9 Å². The number of fused-ring (bicyclic) bond motifs is 1. The van der Waals surface area contributed by atoms with E-state index in [1.807, 2.05) is 18.2 Å². The van der Waals surface area contributed by atoms with Gasteiger partial charge in [-0.1, -0.05) is 32.0 Å². The maximum atomic E-state index is 13.4. The van der Waals surface area contributed by atoms with Crippen LogP contribution in [-0.4, -0.2) is 74.9 Å². The van der Waals surface area contributed by atoms with Gasteiger partial charge in [0.1, 0.15) is 18.1 Å². The molecule has 39 heavy (non-hydrogen) atoms. The second-order valence-corrected chi connectivity index (χ2v) is 9.46. The Morgan fingerprint density at radius 1 is 0.923 bits per heavy atom. The maximum Gasteiger partial charge on any atom is 0.326 e. The number of carbonyl (C=O) groups excluding carboxylic acids is 4. The van der Waals surface area contributed by atoms with Gasteiger partial charge in [0.25, 0.3) is 0 Å². The highest BCUT2D eigenvalue weighted by Gasteiger charge is 2.33. The first-order valence-corrected chi connectivity index (χ1v) is 12.2. The fraction of sp³-hybridized carbons (Fsp3) is 0.440. The summed E-state index contributed by atoms with van der Waals surface area (Å²) in [5, 5.41) is 26.3. The summed E-state index contributed by atoms with van der Waals surface area (Å²) in [5.74, 6) is -6.43. The van der Waals surface area contributed by atoms with Crippen LogP contribution >= 0.6 is 0 Å². The number of nitrogens with one attached hydrogen (secondary N) is 4. The van der Waals surface area contributed by atoms with Gasteiger partial charge in [-0.15, -0.1) is 0 Å². The van der Waals surface area contributed by atoms with Gasteiger partial charge in [0.2, 0.25) is 23.6 Å². The number of amides is 4. The molecular weight excluding hydrogens is 512 g/mol. The van der Waals surface area contributed by atoms with E-state index in [1.54, 1.807) is 26.1 Å². The van der Waals surface area contributed by atoms with E-state index in [9.17, 15) is 33.9 Å². The van der Waals surface area contributed by atoms with E-state index in [4.69, 9.17) is 16.6 Å². The zero-order valence-corrected chi connectivity index (χ0v) is 21.6. The van der Waals surface area contributed by atoms with Crippen LogP contribution in [0.3, 0.4) is 0 Å². The van der Waals surface area contributed by atoms with Crippen LogP contribution in [0.5, 0.6) is 0 Å². The molecular formula is C25H34N6O8. The van der Waals surface area contributed by atoms with Crippen molar-refractivity contribution in [1.29, 1.82) is 0 Å². The lowest BCUT2D eigenvalue weighted by atomic mass is 9.99. The molecule has 14 heteroatoms. The average Bonchev–Trinajstić information content (AvgIpc) is 3.26.